The van der Waals surface area contributed by atoms with Crippen LogP contribution in [-0.4, -0.2) is 25.0 Å². The average Bonchev–Trinajstić information content (AvgIpc) is 1.98. The predicted molar refractivity (Wildman–Crippen MR) is 56.4 cm³/mol. The van der Waals surface area contributed by atoms with Crippen LogP contribution in [0.15, 0.2) is 0 Å². The van der Waals surface area contributed by atoms with Crippen LogP contribution in [-0.2, 0) is 0 Å². The molecule has 0 aromatic heterocycles. The van der Waals surface area contributed by atoms with Crippen LogP contribution in [0.4, 0.5) is 0 Å². The van der Waals surface area contributed by atoms with E-state index in [0.717, 1.165) is 17.9 Å². The Labute approximate surface area is 78.1 Å². The molecule has 0 amide bonds. The molecule has 0 bridgehead atoms. The summed E-state index contributed by atoms with van der Waals surface area (Å²) in [6.45, 7) is 9.25. The summed E-state index contributed by atoms with van der Waals surface area (Å²) < 4.78 is 0. The molecule has 0 spiro atoms. The second kappa shape index (κ2) is 5.58. The fourth-order valence-electron chi connectivity index (χ4n) is 1.66. The molecular formula is C11H25N. The van der Waals surface area contributed by atoms with E-state index in [1.807, 2.05) is 0 Å². The minimum atomic E-state index is 0.750. The first kappa shape index (κ1) is 12.0. The summed E-state index contributed by atoms with van der Waals surface area (Å²) in [6.07, 6.45) is 2.64. The van der Waals surface area contributed by atoms with Gasteiger partial charge in [-0.05, 0) is 32.4 Å². The molecule has 0 rings (SSSR count). The summed E-state index contributed by atoms with van der Waals surface area (Å²) in [7, 11) is 4.38. The van der Waals surface area contributed by atoms with Gasteiger partial charge in [0, 0.05) is 6.04 Å². The Kier molecular flexibility index (Phi) is 5.56. The summed E-state index contributed by atoms with van der Waals surface area (Å²) in [6, 6.07) is 0.750. The predicted octanol–water partition coefficient (Wildman–Crippen LogP) is 3.01. The molecule has 0 fully saturated rings. The summed E-state index contributed by atoms with van der Waals surface area (Å²) in [5, 5.41) is 0. The minimum absolute atomic E-state index is 0.750. The molecule has 0 aromatic carbocycles. The van der Waals surface area contributed by atoms with E-state index in [-0.39, 0.29) is 0 Å². The van der Waals surface area contributed by atoms with Crippen LogP contribution in [0.1, 0.15) is 40.5 Å². The molecule has 0 aliphatic heterocycles. The Morgan fingerprint density at radius 3 is 1.83 bits per heavy atom. The highest BCUT2D eigenvalue weighted by atomic mass is 15.1. The highest BCUT2D eigenvalue weighted by Gasteiger charge is 2.17. The molecule has 12 heavy (non-hydrogen) atoms. The van der Waals surface area contributed by atoms with Gasteiger partial charge in [-0.25, -0.2) is 0 Å². The van der Waals surface area contributed by atoms with Crippen molar-refractivity contribution in [1.29, 1.82) is 0 Å². The van der Waals surface area contributed by atoms with Crippen LogP contribution in [0, 0.1) is 11.8 Å². The van der Waals surface area contributed by atoms with E-state index >= 15 is 0 Å². The van der Waals surface area contributed by atoms with Crippen LogP contribution < -0.4 is 0 Å². The maximum absolute atomic E-state index is 2.36. The quantitative estimate of drug-likeness (QED) is 0.614. The van der Waals surface area contributed by atoms with Gasteiger partial charge in [-0.3, -0.25) is 0 Å². The molecule has 0 saturated heterocycles. The number of hydrogen-bond donors (Lipinski definition) is 0. The van der Waals surface area contributed by atoms with Gasteiger partial charge in [0.05, 0.1) is 0 Å². The molecule has 1 heteroatoms. The van der Waals surface area contributed by atoms with E-state index in [2.05, 4.69) is 46.7 Å². The van der Waals surface area contributed by atoms with Crippen LogP contribution in [0.25, 0.3) is 0 Å². The van der Waals surface area contributed by atoms with Gasteiger partial charge in [0.2, 0.25) is 0 Å². The molecule has 0 N–H and O–H groups in total. The van der Waals surface area contributed by atoms with Crippen LogP contribution in [0.3, 0.4) is 0 Å². The van der Waals surface area contributed by atoms with Crippen LogP contribution in [0.2, 0.25) is 0 Å². The SMILES string of the molecule is CCC(C)CC(C(C)C)N(C)C. The van der Waals surface area contributed by atoms with Crippen molar-refractivity contribution in [3.8, 4) is 0 Å². The van der Waals surface area contributed by atoms with Gasteiger partial charge < -0.3 is 4.90 Å². The molecule has 1 nitrogen and oxygen atoms in total. The maximum Gasteiger partial charge on any atom is 0.0115 e. The highest BCUT2D eigenvalue weighted by Crippen LogP contribution is 2.18. The third-order valence-electron chi connectivity index (χ3n) is 2.77. The first-order valence-corrected chi connectivity index (χ1v) is 5.15. The summed E-state index contributed by atoms with van der Waals surface area (Å²) in [5.41, 5.74) is 0. The van der Waals surface area contributed by atoms with E-state index in [4.69, 9.17) is 0 Å². The average molecular weight is 171 g/mol. The zero-order chi connectivity index (χ0) is 9.72. The largest absolute Gasteiger partial charge is 0.306 e. The zero-order valence-corrected chi connectivity index (χ0v) is 9.59. The minimum Gasteiger partial charge on any atom is -0.306 e. The van der Waals surface area contributed by atoms with Gasteiger partial charge in [-0.1, -0.05) is 34.1 Å². The molecule has 0 saturated carbocycles. The highest BCUT2D eigenvalue weighted by molar-refractivity contribution is 4.72. The number of rotatable bonds is 5. The van der Waals surface area contributed by atoms with Crippen molar-refractivity contribution in [2.75, 3.05) is 14.1 Å². The van der Waals surface area contributed by atoms with Gasteiger partial charge in [0.25, 0.3) is 0 Å². The lowest BCUT2D eigenvalue weighted by Gasteiger charge is -2.30. The molecule has 74 valence electrons. The number of nitrogens with zero attached hydrogens (tertiary/aromatic N) is 1. The monoisotopic (exact) mass is 171 g/mol. The lowest BCUT2D eigenvalue weighted by atomic mass is 9.91. The van der Waals surface area contributed by atoms with E-state index < -0.39 is 0 Å². The Hall–Kier alpha value is -0.0400. The van der Waals surface area contributed by atoms with Gasteiger partial charge >= 0.3 is 0 Å². The van der Waals surface area contributed by atoms with Gasteiger partial charge in [0.1, 0.15) is 0 Å². The third-order valence-corrected chi connectivity index (χ3v) is 2.77. The topological polar surface area (TPSA) is 3.24 Å². The first-order chi connectivity index (χ1) is 5.49. The Balaban J connectivity index is 3.95. The molecule has 2 atom stereocenters. The van der Waals surface area contributed by atoms with Gasteiger partial charge in [0.15, 0.2) is 0 Å². The summed E-state index contributed by atoms with van der Waals surface area (Å²) >= 11 is 0. The van der Waals surface area contributed by atoms with Crippen molar-refractivity contribution in [3.63, 3.8) is 0 Å². The molecule has 0 aliphatic rings. The van der Waals surface area contributed by atoms with E-state index in [1.54, 1.807) is 0 Å². The van der Waals surface area contributed by atoms with Crippen molar-refractivity contribution < 1.29 is 0 Å². The Morgan fingerprint density at radius 2 is 1.58 bits per heavy atom. The normalized spacial score (nSPS) is 17.0. The molecule has 0 aliphatic carbocycles. The Bertz CT molecular complexity index is 99.6. The molecular weight excluding hydrogens is 146 g/mol. The summed E-state index contributed by atoms with van der Waals surface area (Å²) in [4.78, 5) is 2.36. The fourth-order valence-corrected chi connectivity index (χ4v) is 1.66. The zero-order valence-electron chi connectivity index (χ0n) is 9.59. The number of hydrogen-bond acceptors (Lipinski definition) is 1. The van der Waals surface area contributed by atoms with Crippen molar-refractivity contribution in [2.24, 2.45) is 11.8 Å². The lowest BCUT2D eigenvalue weighted by molar-refractivity contribution is 0.194. The molecule has 0 aromatic rings. The smallest absolute Gasteiger partial charge is 0.0115 e. The van der Waals surface area contributed by atoms with Crippen molar-refractivity contribution in [2.45, 2.75) is 46.6 Å². The van der Waals surface area contributed by atoms with E-state index in [0.29, 0.717) is 0 Å². The van der Waals surface area contributed by atoms with Crippen molar-refractivity contribution in [1.82, 2.24) is 4.90 Å². The van der Waals surface area contributed by atoms with Crippen molar-refractivity contribution in [3.05, 3.63) is 0 Å². The van der Waals surface area contributed by atoms with Gasteiger partial charge in [-0.15, -0.1) is 0 Å². The maximum atomic E-state index is 2.36. The van der Waals surface area contributed by atoms with E-state index in [9.17, 15) is 0 Å². The van der Waals surface area contributed by atoms with Crippen LogP contribution >= 0.6 is 0 Å². The third kappa shape index (κ3) is 4.10. The van der Waals surface area contributed by atoms with E-state index in [1.165, 1.54) is 12.8 Å². The second-order valence-electron chi connectivity index (χ2n) is 4.52. The second-order valence-corrected chi connectivity index (χ2v) is 4.52. The first-order valence-electron chi connectivity index (χ1n) is 5.15. The molecule has 2 unspecified atom stereocenters. The molecule has 0 radical (unpaired) electrons. The molecule has 0 heterocycles. The van der Waals surface area contributed by atoms with Gasteiger partial charge in [-0.2, -0.15) is 0 Å². The standard InChI is InChI=1S/C11H25N/c1-7-10(4)8-11(9(2)3)12(5)6/h9-11H,7-8H2,1-6H3. The van der Waals surface area contributed by atoms with Crippen LogP contribution in [0.5, 0.6) is 0 Å². The fraction of sp³-hybridized carbons (Fsp3) is 1.00. The lowest BCUT2D eigenvalue weighted by Crippen LogP contribution is -2.34. The van der Waals surface area contributed by atoms with Crippen molar-refractivity contribution >= 4 is 0 Å². The Morgan fingerprint density at radius 1 is 1.08 bits per heavy atom. The summed E-state index contributed by atoms with van der Waals surface area (Å²) in [5.74, 6) is 1.63.